The molecule has 0 bridgehead atoms. The predicted molar refractivity (Wildman–Crippen MR) is 112 cm³/mol. The third-order valence-electron chi connectivity index (χ3n) is 5.30. The Morgan fingerprint density at radius 3 is 2.61 bits per heavy atom. The number of hydrogen-bond acceptors (Lipinski definition) is 6. The summed E-state index contributed by atoms with van der Waals surface area (Å²) in [7, 11) is 0. The van der Waals surface area contributed by atoms with Crippen molar-refractivity contribution in [1.82, 2.24) is 5.32 Å². The number of piperidine rings is 1. The molecule has 1 aliphatic heterocycles. The summed E-state index contributed by atoms with van der Waals surface area (Å²) in [4.78, 5) is 37.2. The van der Waals surface area contributed by atoms with E-state index in [0.29, 0.717) is 30.3 Å². The van der Waals surface area contributed by atoms with Crippen molar-refractivity contribution in [3.63, 3.8) is 0 Å². The summed E-state index contributed by atoms with van der Waals surface area (Å²) in [5.41, 5.74) is 0.590. The number of ether oxygens (including phenoxy) is 1. The first kappa shape index (κ1) is 22.2. The Morgan fingerprint density at radius 1 is 1.23 bits per heavy atom. The summed E-state index contributed by atoms with van der Waals surface area (Å²) in [6.45, 7) is 2.96. The van der Waals surface area contributed by atoms with Gasteiger partial charge in [-0.3, -0.25) is 14.9 Å². The van der Waals surface area contributed by atoms with Crippen molar-refractivity contribution < 1.29 is 23.6 Å². The van der Waals surface area contributed by atoms with Crippen molar-refractivity contribution in [2.24, 2.45) is 5.92 Å². The van der Waals surface area contributed by atoms with Crippen molar-refractivity contribution >= 4 is 23.3 Å². The average molecular weight is 429 g/mol. The highest BCUT2D eigenvalue weighted by Crippen LogP contribution is 2.32. The van der Waals surface area contributed by atoms with Crippen LogP contribution >= 0.6 is 0 Å². The van der Waals surface area contributed by atoms with Gasteiger partial charge >= 0.3 is 5.97 Å². The van der Waals surface area contributed by atoms with E-state index in [-0.39, 0.29) is 17.8 Å². The average Bonchev–Trinajstić information content (AvgIpc) is 2.77. The lowest BCUT2D eigenvalue weighted by Crippen LogP contribution is -2.33. The van der Waals surface area contributed by atoms with Gasteiger partial charge in [0.05, 0.1) is 10.5 Å². The Morgan fingerprint density at radius 2 is 1.94 bits per heavy atom. The maximum Gasteiger partial charge on any atom is 0.338 e. The summed E-state index contributed by atoms with van der Waals surface area (Å²) in [5, 5.41) is 14.0. The van der Waals surface area contributed by atoms with Crippen molar-refractivity contribution in [3.8, 4) is 0 Å². The number of nitrogens with zero attached hydrogens (tertiary/aromatic N) is 2. The predicted octanol–water partition coefficient (Wildman–Crippen LogP) is 3.44. The molecule has 0 radical (unpaired) electrons. The molecule has 0 atom stereocenters. The van der Waals surface area contributed by atoms with Crippen LogP contribution in [0, 0.1) is 21.8 Å². The molecule has 0 spiro atoms. The number of carbonyl (C=O) groups is 2. The Hall–Kier alpha value is -3.49. The highest BCUT2D eigenvalue weighted by Gasteiger charge is 2.25. The van der Waals surface area contributed by atoms with E-state index in [0.717, 1.165) is 12.8 Å². The van der Waals surface area contributed by atoms with E-state index in [1.54, 1.807) is 18.2 Å². The quantitative estimate of drug-likeness (QED) is 0.411. The third kappa shape index (κ3) is 5.78. The minimum atomic E-state index is -0.844. The number of amides is 1. The summed E-state index contributed by atoms with van der Waals surface area (Å²) in [6, 6.07) is 10.2. The van der Waals surface area contributed by atoms with Crippen LogP contribution in [0.1, 0.15) is 35.7 Å². The Balaban J connectivity index is 1.59. The van der Waals surface area contributed by atoms with E-state index in [2.05, 4.69) is 12.2 Å². The second kappa shape index (κ2) is 10.0. The zero-order valence-corrected chi connectivity index (χ0v) is 17.2. The molecule has 1 amide bonds. The van der Waals surface area contributed by atoms with Gasteiger partial charge in [0.1, 0.15) is 11.5 Å². The van der Waals surface area contributed by atoms with Crippen molar-refractivity contribution in [2.75, 3.05) is 24.6 Å². The number of esters is 1. The Labute approximate surface area is 179 Å². The number of rotatable bonds is 7. The lowest BCUT2D eigenvalue weighted by molar-refractivity contribution is -0.384. The van der Waals surface area contributed by atoms with Crippen LogP contribution in [-0.4, -0.2) is 36.5 Å². The standard InChI is InChI=1S/C22H24FN3O5/c1-15-8-10-25(11-9-15)19-7-6-16(12-20(19)26(29)30)22(28)31-14-21(27)24-13-17-4-2-3-5-18(17)23/h2-7,12,15H,8-11,13-14H2,1H3,(H,24,27). The molecule has 164 valence electrons. The van der Waals surface area contributed by atoms with Gasteiger partial charge in [-0.2, -0.15) is 0 Å². The monoisotopic (exact) mass is 429 g/mol. The van der Waals surface area contributed by atoms with E-state index >= 15 is 0 Å². The number of halogens is 1. The fraction of sp³-hybridized carbons (Fsp3) is 0.364. The van der Waals surface area contributed by atoms with E-state index in [1.165, 1.54) is 24.3 Å². The van der Waals surface area contributed by atoms with E-state index in [9.17, 15) is 24.1 Å². The van der Waals surface area contributed by atoms with Gasteiger partial charge in [-0.1, -0.05) is 25.1 Å². The molecule has 8 nitrogen and oxygen atoms in total. The fourth-order valence-electron chi connectivity index (χ4n) is 3.41. The molecule has 2 aromatic carbocycles. The minimum Gasteiger partial charge on any atom is -0.452 e. The van der Waals surface area contributed by atoms with Gasteiger partial charge in [-0.25, -0.2) is 9.18 Å². The van der Waals surface area contributed by atoms with E-state index < -0.39 is 29.2 Å². The Bertz CT molecular complexity index is 973. The first-order chi connectivity index (χ1) is 14.8. The zero-order valence-electron chi connectivity index (χ0n) is 17.2. The van der Waals surface area contributed by atoms with Crippen LogP contribution in [0.25, 0.3) is 0 Å². The molecule has 1 N–H and O–H groups in total. The molecule has 0 aliphatic carbocycles. The van der Waals surface area contributed by atoms with Crippen LogP contribution in [0.4, 0.5) is 15.8 Å². The highest BCUT2D eigenvalue weighted by molar-refractivity contribution is 5.93. The molecular weight excluding hydrogens is 405 g/mol. The molecule has 2 aromatic rings. The fourth-order valence-corrected chi connectivity index (χ4v) is 3.41. The molecular formula is C22H24FN3O5. The summed E-state index contributed by atoms with van der Waals surface area (Å²) in [5.74, 6) is -1.32. The zero-order chi connectivity index (χ0) is 22.4. The van der Waals surface area contributed by atoms with Crippen LogP contribution < -0.4 is 10.2 Å². The summed E-state index contributed by atoms with van der Waals surface area (Å²) < 4.78 is 18.5. The topological polar surface area (TPSA) is 102 Å². The van der Waals surface area contributed by atoms with Gasteiger partial charge in [-0.15, -0.1) is 0 Å². The molecule has 3 rings (SSSR count). The first-order valence-electron chi connectivity index (χ1n) is 10.1. The number of nitro benzene ring substituents is 1. The Kier molecular flexibility index (Phi) is 7.17. The molecule has 1 saturated heterocycles. The van der Waals surface area contributed by atoms with E-state index in [4.69, 9.17) is 4.74 Å². The highest BCUT2D eigenvalue weighted by atomic mass is 19.1. The first-order valence-corrected chi connectivity index (χ1v) is 10.1. The summed E-state index contributed by atoms with van der Waals surface area (Å²) >= 11 is 0. The molecule has 0 aromatic heterocycles. The molecule has 1 fully saturated rings. The lowest BCUT2D eigenvalue weighted by atomic mass is 9.98. The third-order valence-corrected chi connectivity index (χ3v) is 5.30. The molecule has 1 heterocycles. The van der Waals surface area contributed by atoms with Crippen molar-refractivity contribution in [2.45, 2.75) is 26.3 Å². The van der Waals surface area contributed by atoms with Gasteiger partial charge < -0.3 is 15.0 Å². The number of anilines is 1. The normalized spacial score (nSPS) is 14.2. The lowest BCUT2D eigenvalue weighted by Gasteiger charge is -2.31. The molecule has 0 saturated carbocycles. The molecule has 1 aliphatic rings. The number of benzene rings is 2. The van der Waals surface area contributed by atoms with Gasteiger partial charge in [-0.05, 0) is 37.0 Å². The van der Waals surface area contributed by atoms with Crippen LogP contribution in [0.2, 0.25) is 0 Å². The summed E-state index contributed by atoms with van der Waals surface area (Å²) in [6.07, 6.45) is 1.89. The van der Waals surface area contributed by atoms with Crippen LogP contribution in [-0.2, 0) is 16.1 Å². The number of hydrogen-bond donors (Lipinski definition) is 1. The van der Waals surface area contributed by atoms with Crippen LogP contribution in [0.5, 0.6) is 0 Å². The smallest absolute Gasteiger partial charge is 0.338 e. The molecule has 31 heavy (non-hydrogen) atoms. The second-order valence-corrected chi connectivity index (χ2v) is 7.57. The largest absolute Gasteiger partial charge is 0.452 e. The van der Waals surface area contributed by atoms with Crippen molar-refractivity contribution in [1.29, 1.82) is 0 Å². The molecule has 0 unspecified atom stereocenters. The minimum absolute atomic E-state index is 0.0114. The van der Waals surface area contributed by atoms with Gasteiger partial charge in [0.2, 0.25) is 0 Å². The van der Waals surface area contributed by atoms with Gasteiger partial charge in [0, 0.05) is 31.3 Å². The van der Waals surface area contributed by atoms with Gasteiger partial charge in [0.25, 0.3) is 11.6 Å². The molecule has 9 heteroatoms. The van der Waals surface area contributed by atoms with Crippen LogP contribution in [0.3, 0.4) is 0 Å². The SMILES string of the molecule is CC1CCN(c2ccc(C(=O)OCC(=O)NCc3ccccc3F)cc2[N+](=O)[O-])CC1. The van der Waals surface area contributed by atoms with Crippen LogP contribution in [0.15, 0.2) is 42.5 Å². The van der Waals surface area contributed by atoms with Crippen molar-refractivity contribution in [3.05, 3.63) is 69.5 Å². The van der Waals surface area contributed by atoms with E-state index in [1.807, 2.05) is 4.90 Å². The maximum atomic E-state index is 13.6. The maximum absolute atomic E-state index is 13.6. The second-order valence-electron chi connectivity index (χ2n) is 7.57. The van der Waals surface area contributed by atoms with Gasteiger partial charge in [0.15, 0.2) is 6.61 Å². The number of nitro groups is 1. The number of nitrogens with one attached hydrogen (secondary N) is 1. The number of carbonyl (C=O) groups excluding carboxylic acids is 2.